The molecule has 1 unspecified atom stereocenters. The minimum atomic E-state index is -0.980. The number of halogens is 1. The van der Waals surface area contributed by atoms with Crippen LogP contribution in [-0.2, 0) is 19.1 Å². The highest BCUT2D eigenvalue weighted by Gasteiger charge is 2.43. The Balaban J connectivity index is 1.73. The van der Waals surface area contributed by atoms with Crippen molar-refractivity contribution >= 4 is 46.9 Å². The van der Waals surface area contributed by atoms with E-state index in [1.165, 1.54) is 52.9 Å². The molecule has 3 atom stereocenters. The maximum Gasteiger partial charge on any atom is 0.411 e. The predicted molar refractivity (Wildman–Crippen MR) is 149 cm³/mol. The van der Waals surface area contributed by atoms with Gasteiger partial charge in [0.05, 0.1) is 17.3 Å². The minimum absolute atomic E-state index is 0.0198. The minimum Gasteiger partial charge on any atom is -0.464 e. The fraction of sp³-hybridized carbons (Fsp3) is 0.444. The van der Waals surface area contributed by atoms with Gasteiger partial charge in [0.25, 0.3) is 11.5 Å². The van der Waals surface area contributed by atoms with Crippen LogP contribution >= 0.6 is 11.6 Å². The number of nitrogens with two attached hydrogens (primary N) is 1. The van der Waals surface area contributed by atoms with Gasteiger partial charge in [-0.25, -0.2) is 9.59 Å². The molecule has 0 bridgehead atoms. The fourth-order valence-corrected chi connectivity index (χ4v) is 4.33. The molecule has 1 aromatic carbocycles. The first-order chi connectivity index (χ1) is 18.7. The molecule has 3 amide bonds. The Bertz CT molecular complexity index is 1350. The van der Waals surface area contributed by atoms with E-state index in [1.54, 1.807) is 27.7 Å². The zero-order valence-electron chi connectivity index (χ0n) is 23.0. The van der Waals surface area contributed by atoms with E-state index in [9.17, 15) is 24.0 Å². The van der Waals surface area contributed by atoms with Crippen LogP contribution in [-0.4, -0.2) is 64.2 Å². The van der Waals surface area contributed by atoms with Crippen LogP contribution in [0.15, 0.2) is 41.3 Å². The van der Waals surface area contributed by atoms with Crippen LogP contribution in [0.5, 0.6) is 0 Å². The van der Waals surface area contributed by atoms with Gasteiger partial charge in [0.2, 0.25) is 5.91 Å². The summed E-state index contributed by atoms with van der Waals surface area (Å²) in [5.41, 5.74) is 4.76. The van der Waals surface area contributed by atoms with E-state index < -0.39 is 53.2 Å². The third-order valence-electron chi connectivity index (χ3n) is 6.12. The third kappa shape index (κ3) is 7.32. The van der Waals surface area contributed by atoms with Crippen LogP contribution < -0.4 is 21.9 Å². The Hall–Kier alpha value is -4.06. The zero-order valence-corrected chi connectivity index (χ0v) is 23.8. The lowest BCUT2D eigenvalue weighted by molar-refractivity contribution is -0.148. The molecule has 0 saturated carbocycles. The largest absolute Gasteiger partial charge is 0.464 e. The Labute approximate surface area is 236 Å². The first kappa shape index (κ1) is 30.5. The second-order valence-corrected chi connectivity index (χ2v) is 10.7. The Morgan fingerprint density at radius 1 is 1.20 bits per heavy atom. The molecule has 1 aliphatic rings. The number of carbonyl (C=O) groups is 4. The van der Waals surface area contributed by atoms with Crippen molar-refractivity contribution in [2.45, 2.75) is 64.8 Å². The highest BCUT2D eigenvalue weighted by molar-refractivity contribution is 6.33. The number of benzene rings is 1. The molecule has 40 heavy (non-hydrogen) atoms. The van der Waals surface area contributed by atoms with Crippen LogP contribution in [0.2, 0.25) is 5.02 Å². The van der Waals surface area contributed by atoms with Gasteiger partial charge in [0, 0.05) is 30.8 Å². The third-order valence-corrected chi connectivity index (χ3v) is 6.44. The second kappa shape index (κ2) is 12.4. The second-order valence-electron chi connectivity index (χ2n) is 10.3. The SMILES string of the molecule is CCOC(=O)[C@@H]1C[C@@H](NC(=O)C(C)n2cccc(NC(=O)c3ccc(N)c(Cl)c3)c2=O)CN1C(=O)OC(C)(C)C. The predicted octanol–water partition coefficient (Wildman–Crippen LogP) is 2.95. The van der Waals surface area contributed by atoms with Gasteiger partial charge in [0.1, 0.15) is 23.4 Å². The lowest BCUT2D eigenvalue weighted by Crippen LogP contribution is -2.45. The monoisotopic (exact) mass is 575 g/mol. The number of carbonyl (C=O) groups excluding carboxylic acids is 4. The molecule has 2 heterocycles. The molecule has 0 aliphatic carbocycles. The molecule has 2 aromatic rings. The van der Waals surface area contributed by atoms with Crippen molar-refractivity contribution < 1.29 is 28.7 Å². The number of hydrogen-bond donors (Lipinski definition) is 3. The number of rotatable bonds is 7. The number of hydrogen-bond acceptors (Lipinski definition) is 8. The molecule has 1 saturated heterocycles. The molecule has 13 heteroatoms. The van der Waals surface area contributed by atoms with Crippen LogP contribution in [0.4, 0.5) is 16.2 Å². The van der Waals surface area contributed by atoms with Crippen LogP contribution in [0, 0.1) is 0 Å². The first-order valence-corrected chi connectivity index (χ1v) is 13.1. The summed E-state index contributed by atoms with van der Waals surface area (Å²) in [6.07, 6.45) is 0.842. The summed E-state index contributed by atoms with van der Waals surface area (Å²) < 4.78 is 11.7. The van der Waals surface area contributed by atoms with E-state index >= 15 is 0 Å². The molecule has 1 aromatic heterocycles. The summed E-state index contributed by atoms with van der Waals surface area (Å²) in [5, 5.41) is 5.54. The number of aromatic nitrogens is 1. The molecular weight excluding hydrogens is 542 g/mol. The molecule has 0 spiro atoms. The Kier molecular flexibility index (Phi) is 9.46. The lowest BCUT2D eigenvalue weighted by Gasteiger charge is -2.27. The smallest absolute Gasteiger partial charge is 0.411 e. The summed E-state index contributed by atoms with van der Waals surface area (Å²) in [4.78, 5) is 65.5. The van der Waals surface area contributed by atoms with Gasteiger partial charge in [-0.1, -0.05) is 11.6 Å². The molecule has 3 rings (SSSR count). The Morgan fingerprint density at radius 3 is 2.52 bits per heavy atom. The number of amides is 3. The van der Waals surface area contributed by atoms with Gasteiger partial charge in [-0.3, -0.25) is 19.3 Å². The van der Waals surface area contributed by atoms with E-state index in [-0.39, 0.29) is 35.8 Å². The van der Waals surface area contributed by atoms with Crippen molar-refractivity contribution in [3.05, 3.63) is 57.5 Å². The number of esters is 1. The highest BCUT2D eigenvalue weighted by Crippen LogP contribution is 2.24. The van der Waals surface area contributed by atoms with Crippen molar-refractivity contribution in [1.82, 2.24) is 14.8 Å². The number of nitrogens with one attached hydrogen (secondary N) is 2. The standard InChI is InChI=1S/C27H34ClN5O7/c1-6-39-25(37)21-13-17(14-33(21)26(38)40-27(3,4)5)30-22(34)15(2)32-11-7-8-20(24(32)36)31-23(35)16-9-10-19(29)18(28)12-16/h7-12,15,17,21H,6,13-14,29H2,1-5H3,(H,30,34)(H,31,35)/t15?,17-,21+/m1/s1. The number of anilines is 2. The Morgan fingerprint density at radius 2 is 1.90 bits per heavy atom. The number of ether oxygens (including phenoxy) is 2. The quantitative estimate of drug-likeness (QED) is 0.335. The van der Waals surface area contributed by atoms with Gasteiger partial charge in [-0.2, -0.15) is 0 Å². The number of likely N-dealkylation sites (tertiary alicyclic amines) is 1. The maximum atomic E-state index is 13.1. The van der Waals surface area contributed by atoms with E-state index in [2.05, 4.69) is 10.6 Å². The molecule has 1 aliphatic heterocycles. The number of nitrogen functional groups attached to an aromatic ring is 1. The van der Waals surface area contributed by atoms with Gasteiger partial charge in [-0.15, -0.1) is 0 Å². The van der Waals surface area contributed by atoms with E-state index in [1.807, 2.05) is 0 Å². The molecule has 1 fully saturated rings. The molecule has 4 N–H and O–H groups in total. The van der Waals surface area contributed by atoms with Crippen molar-refractivity contribution in [3.63, 3.8) is 0 Å². The molecule has 216 valence electrons. The first-order valence-electron chi connectivity index (χ1n) is 12.8. The molecular formula is C27H34ClN5O7. The average Bonchev–Trinajstić information content (AvgIpc) is 3.29. The van der Waals surface area contributed by atoms with Crippen molar-refractivity contribution in [3.8, 4) is 0 Å². The fourth-order valence-electron chi connectivity index (χ4n) is 4.15. The van der Waals surface area contributed by atoms with Crippen LogP contribution in [0.1, 0.15) is 57.4 Å². The van der Waals surface area contributed by atoms with Crippen LogP contribution in [0.25, 0.3) is 0 Å². The van der Waals surface area contributed by atoms with E-state index in [0.717, 1.165) is 0 Å². The number of nitrogens with zero attached hydrogens (tertiary/aromatic N) is 2. The molecule has 12 nitrogen and oxygen atoms in total. The van der Waals surface area contributed by atoms with Gasteiger partial charge in [-0.05, 0) is 65.0 Å². The maximum absolute atomic E-state index is 13.1. The topological polar surface area (TPSA) is 162 Å². The van der Waals surface area contributed by atoms with Crippen molar-refractivity contribution in [2.75, 3.05) is 24.2 Å². The summed E-state index contributed by atoms with van der Waals surface area (Å²) in [6.45, 7) is 8.45. The summed E-state index contributed by atoms with van der Waals surface area (Å²) in [6, 6.07) is 4.77. The summed E-state index contributed by atoms with van der Waals surface area (Å²) in [7, 11) is 0. The van der Waals surface area contributed by atoms with Gasteiger partial charge in [0.15, 0.2) is 0 Å². The average molecular weight is 576 g/mol. The zero-order chi connectivity index (χ0) is 29.8. The molecule has 0 radical (unpaired) electrons. The van der Waals surface area contributed by atoms with Crippen LogP contribution in [0.3, 0.4) is 0 Å². The van der Waals surface area contributed by atoms with Crippen molar-refractivity contribution in [1.29, 1.82) is 0 Å². The normalized spacial score (nSPS) is 17.6. The van der Waals surface area contributed by atoms with Gasteiger partial charge >= 0.3 is 12.1 Å². The van der Waals surface area contributed by atoms with E-state index in [4.69, 9.17) is 26.8 Å². The van der Waals surface area contributed by atoms with E-state index in [0.29, 0.717) is 5.69 Å². The highest BCUT2D eigenvalue weighted by atomic mass is 35.5. The van der Waals surface area contributed by atoms with Crippen molar-refractivity contribution in [2.24, 2.45) is 0 Å². The lowest BCUT2D eigenvalue weighted by atomic mass is 10.1. The summed E-state index contributed by atoms with van der Waals surface area (Å²) >= 11 is 5.99. The van der Waals surface area contributed by atoms with Gasteiger partial charge < -0.3 is 30.4 Å². The number of pyridine rings is 1. The summed E-state index contributed by atoms with van der Waals surface area (Å²) in [5.74, 6) is -1.69.